The van der Waals surface area contributed by atoms with E-state index in [0.717, 1.165) is 12.8 Å². The van der Waals surface area contributed by atoms with Gasteiger partial charge in [-0.1, -0.05) is 26.0 Å². The van der Waals surface area contributed by atoms with E-state index >= 15 is 0 Å². The van der Waals surface area contributed by atoms with Crippen molar-refractivity contribution in [3.63, 3.8) is 0 Å². The summed E-state index contributed by atoms with van der Waals surface area (Å²) in [7, 11) is 0. The first-order valence-corrected chi connectivity index (χ1v) is 23.6. The first-order chi connectivity index (χ1) is 18.2. The molecule has 0 nitrogen and oxygen atoms in total. The van der Waals surface area contributed by atoms with Crippen molar-refractivity contribution in [3.05, 3.63) is 132 Å². The monoisotopic (exact) mass is 654 g/mol. The fourth-order valence-electron chi connectivity index (χ4n) is 5.36. The maximum atomic E-state index is 2.41. The van der Waals surface area contributed by atoms with Gasteiger partial charge in [-0.05, 0) is 12.8 Å². The second-order valence-electron chi connectivity index (χ2n) is 9.66. The summed E-state index contributed by atoms with van der Waals surface area (Å²) in [4.78, 5) is 0. The van der Waals surface area contributed by atoms with E-state index < -0.39 is 0 Å². The summed E-state index contributed by atoms with van der Waals surface area (Å²) in [6, 6.07) is 44.6. The van der Waals surface area contributed by atoms with Crippen molar-refractivity contribution in [2.45, 2.75) is 26.7 Å². The molecule has 0 aliphatic carbocycles. The molecule has 0 atom stereocenters. The van der Waals surface area contributed by atoms with E-state index in [-0.39, 0.29) is 56.1 Å². The standard InChI is InChI=1S/C12H8Si2.2C11H11.2ClH.Zr/c1-2-6-10-9(5-1)13-11-7-3-4-8-12(11)14-10;2*1-2-9-7-10-5-3-4-6-11(10)8-9;;;/h1-8H;2*3-8H,2H2,1H3;2*1H;/q;2*-1;;;/p-2. The Hall–Kier alpha value is -2.00. The van der Waals surface area contributed by atoms with Gasteiger partial charge in [-0.15, -0.1) is 81.2 Å². The second kappa shape index (κ2) is 13.6. The Morgan fingerprint density at radius 3 is 1.18 bits per heavy atom. The Balaban J connectivity index is 0.000000135. The summed E-state index contributed by atoms with van der Waals surface area (Å²) in [5, 5.41) is 12.6. The molecule has 0 fully saturated rings. The molecule has 0 amide bonds. The molecule has 6 aromatic rings. The summed E-state index contributed by atoms with van der Waals surface area (Å²) in [6.45, 7) is 4.38. The average molecular weight is 657 g/mol. The molecular formula is C34H30Cl2Si2Zr-4. The van der Waals surface area contributed by atoms with Gasteiger partial charge in [0, 0.05) is 0 Å². The van der Waals surface area contributed by atoms with Gasteiger partial charge in [0.15, 0.2) is 0 Å². The number of rotatable bonds is 2. The zero-order chi connectivity index (χ0) is 25.2. The molecule has 2 bridgehead atoms. The molecule has 0 saturated carbocycles. The van der Waals surface area contributed by atoms with Crippen molar-refractivity contribution in [2.24, 2.45) is 0 Å². The van der Waals surface area contributed by atoms with E-state index in [0.29, 0.717) is 0 Å². The first kappa shape index (κ1) is 30.0. The van der Waals surface area contributed by atoms with Crippen LogP contribution in [-0.4, -0.2) is 10.9 Å². The van der Waals surface area contributed by atoms with Gasteiger partial charge in [0.2, 0.25) is 0 Å². The normalized spacial score (nSPS) is 11.5. The molecule has 2 aliphatic heterocycles. The summed E-state index contributed by atoms with van der Waals surface area (Å²) >= 11 is -0.0931. The summed E-state index contributed by atoms with van der Waals surface area (Å²) in [6.07, 6.45) is 2.27. The molecule has 39 heavy (non-hydrogen) atoms. The molecule has 5 heteroatoms. The van der Waals surface area contributed by atoms with Crippen LogP contribution in [0.5, 0.6) is 0 Å². The Morgan fingerprint density at radius 1 is 0.513 bits per heavy atom. The molecule has 0 saturated heterocycles. The third kappa shape index (κ3) is 6.19. The zero-order valence-electron chi connectivity index (χ0n) is 22.2. The van der Waals surface area contributed by atoms with Gasteiger partial charge < -0.3 is 24.8 Å². The van der Waals surface area contributed by atoms with E-state index in [1.54, 1.807) is 20.7 Å². The number of hydrogen-bond donors (Lipinski definition) is 0. The Bertz CT molecular complexity index is 1560. The van der Waals surface area contributed by atoms with Crippen LogP contribution in [0.3, 0.4) is 0 Å². The van der Waals surface area contributed by atoms with Crippen LogP contribution in [-0.2, 0) is 33.3 Å². The molecule has 0 unspecified atom stereocenters. The van der Waals surface area contributed by atoms with Crippen LogP contribution in [0.2, 0.25) is 0 Å². The predicted molar refractivity (Wildman–Crippen MR) is 161 cm³/mol. The quantitative estimate of drug-likeness (QED) is 0.175. The van der Waals surface area contributed by atoms with Gasteiger partial charge in [0.05, 0.1) is 0 Å². The Kier molecular flexibility index (Phi) is 10.4. The third-order valence-corrected chi connectivity index (χ3v) is 32.8. The van der Waals surface area contributed by atoms with Crippen molar-refractivity contribution in [2.75, 3.05) is 0 Å². The van der Waals surface area contributed by atoms with Gasteiger partial charge in [-0.25, -0.2) is 0 Å². The third-order valence-electron chi connectivity index (χ3n) is 7.35. The second-order valence-corrected chi connectivity index (χ2v) is 27.2. The van der Waals surface area contributed by atoms with Crippen LogP contribution < -0.4 is 45.6 Å². The average Bonchev–Trinajstić information content (AvgIpc) is 3.74. The number of hydrogen-bond acceptors (Lipinski definition) is 0. The molecule has 0 N–H and O–H groups in total. The van der Waals surface area contributed by atoms with Crippen molar-refractivity contribution in [3.8, 4) is 0 Å². The predicted octanol–water partition coefficient (Wildman–Crippen LogP) is -0.442. The number of benzene rings is 4. The Morgan fingerprint density at radius 2 is 0.846 bits per heavy atom. The molecular weight excluding hydrogens is 627 g/mol. The van der Waals surface area contributed by atoms with Gasteiger partial charge in [0.25, 0.3) is 0 Å². The molecule has 196 valence electrons. The van der Waals surface area contributed by atoms with E-state index in [9.17, 15) is 0 Å². The van der Waals surface area contributed by atoms with E-state index in [4.69, 9.17) is 0 Å². The van der Waals surface area contributed by atoms with Gasteiger partial charge in [-0.3, -0.25) is 0 Å². The van der Waals surface area contributed by atoms with Crippen LogP contribution in [0.4, 0.5) is 0 Å². The summed E-state index contributed by atoms with van der Waals surface area (Å²) in [5.41, 5.74) is 2.52. The minimum atomic E-state index is -0.176. The van der Waals surface area contributed by atoms with E-state index in [2.05, 4.69) is 135 Å². The van der Waals surface area contributed by atoms with Crippen molar-refractivity contribution < 1.29 is 45.3 Å². The molecule has 0 spiro atoms. The van der Waals surface area contributed by atoms with Gasteiger partial charge in [0.1, 0.15) is 0 Å². The summed E-state index contributed by atoms with van der Waals surface area (Å²) in [5.74, 6) is 0. The number of fused-ring (bicyclic) bond motifs is 8. The van der Waals surface area contributed by atoms with E-state index in [1.165, 1.54) is 32.7 Å². The van der Waals surface area contributed by atoms with Crippen molar-refractivity contribution in [1.82, 2.24) is 0 Å². The van der Waals surface area contributed by atoms with E-state index in [1.807, 2.05) is 0 Å². The SMILES string of the molecule is CCc1cc2ccccc2[cH-]1.CCc1cc2ccccc2[cH-]1.[Cl-].[Cl-].c1ccc2c(c1)[Si]1=[Zr]=[Si]2c2ccccc21. The molecule has 2 aliphatic rings. The summed E-state index contributed by atoms with van der Waals surface area (Å²) < 4.78 is 0. The topological polar surface area (TPSA) is 0 Å². The number of halogens is 2. The number of aryl methyl sites for hydroxylation is 2. The van der Waals surface area contributed by atoms with Crippen LogP contribution in [0.25, 0.3) is 21.5 Å². The molecule has 8 rings (SSSR count). The zero-order valence-corrected chi connectivity index (χ0v) is 28.2. The van der Waals surface area contributed by atoms with Crippen molar-refractivity contribution >= 4 is 53.2 Å². The molecule has 0 aromatic heterocycles. The van der Waals surface area contributed by atoms with Gasteiger partial charge in [-0.2, -0.15) is 12.1 Å². The van der Waals surface area contributed by atoms with Crippen LogP contribution in [0, 0.1) is 0 Å². The fraction of sp³-hybridized carbons (Fsp3) is 0.118. The van der Waals surface area contributed by atoms with Crippen LogP contribution in [0.1, 0.15) is 25.0 Å². The van der Waals surface area contributed by atoms with Gasteiger partial charge >= 0.3 is 101 Å². The maximum absolute atomic E-state index is 2.41. The minimum absolute atomic E-state index is 0. The molecule has 2 heterocycles. The van der Waals surface area contributed by atoms with Crippen LogP contribution in [0.15, 0.2) is 121 Å². The Labute approximate surface area is 255 Å². The first-order valence-electron chi connectivity index (χ1n) is 13.2. The molecule has 6 aromatic carbocycles. The fourth-order valence-corrected chi connectivity index (χ4v) is 40.6. The molecule has 0 radical (unpaired) electrons. The van der Waals surface area contributed by atoms with Crippen LogP contribution >= 0.6 is 0 Å². The van der Waals surface area contributed by atoms with Crippen molar-refractivity contribution in [1.29, 1.82) is 0 Å².